The molecule has 0 bridgehead atoms. The number of nitrogens with one attached hydrogen (secondary N) is 1. The summed E-state index contributed by atoms with van der Waals surface area (Å²) in [5.41, 5.74) is 8.52. The summed E-state index contributed by atoms with van der Waals surface area (Å²) in [6.45, 7) is 2.71. The first-order valence-electron chi connectivity index (χ1n) is 5.30. The molecule has 0 spiro atoms. The maximum Gasteiger partial charge on any atom is 0.112 e. The SMILES string of the molecule is Cc1csc(CNc2ccc(C(N)=S)c(Br)c2)n1. The molecule has 3 N–H and O–H groups in total. The molecule has 0 saturated carbocycles. The standard InChI is InChI=1S/C12H12BrN3S2/c1-7-6-18-11(16-7)5-15-8-2-3-9(12(14)17)10(13)4-8/h2-4,6,15H,5H2,1H3,(H2,14,17). The van der Waals surface area contributed by atoms with Crippen molar-refractivity contribution >= 4 is 50.2 Å². The number of nitrogens with two attached hydrogens (primary N) is 1. The fraction of sp³-hybridized carbons (Fsp3) is 0.167. The van der Waals surface area contributed by atoms with E-state index in [0.29, 0.717) is 4.99 Å². The van der Waals surface area contributed by atoms with Crippen molar-refractivity contribution in [3.63, 3.8) is 0 Å². The highest BCUT2D eigenvalue weighted by Gasteiger charge is 2.04. The van der Waals surface area contributed by atoms with Gasteiger partial charge >= 0.3 is 0 Å². The second kappa shape index (κ2) is 5.77. The second-order valence-corrected chi connectivity index (χ2v) is 6.03. The maximum atomic E-state index is 5.61. The number of hydrogen-bond acceptors (Lipinski definition) is 4. The van der Waals surface area contributed by atoms with Crippen LogP contribution < -0.4 is 11.1 Å². The summed E-state index contributed by atoms with van der Waals surface area (Å²) in [5, 5.41) is 6.43. The third-order valence-corrected chi connectivity index (χ3v) is 4.19. The van der Waals surface area contributed by atoms with Gasteiger partial charge in [-0.2, -0.15) is 0 Å². The van der Waals surface area contributed by atoms with Crippen molar-refractivity contribution in [1.29, 1.82) is 0 Å². The molecule has 6 heteroatoms. The first-order chi connectivity index (χ1) is 8.56. The Morgan fingerprint density at radius 3 is 2.89 bits per heavy atom. The molecule has 2 aromatic rings. The molecule has 0 atom stereocenters. The summed E-state index contributed by atoms with van der Waals surface area (Å²) in [7, 11) is 0. The Morgan fingerprint density at radius 1 is 1.56 bits per heavy atom. The molecule has 1 aromatic heterocycles. The van der Waals surface area contributed by atoms with Gasteiger partial charge in [-0.15, -0.1) is 11.3 Å². The van der Waals surface area contributed by atoms with Gasteiger partial charge in [0.1, 0.15) is 10.00 Å². The van der Waals surface area contributed by atoms with Crippen molar-refractivity contribution < 1.29 is 0 Å². The molecule has 2 rings (SSSR count). The molecule has 3 nitrogen and oxygen atoms in total. The van der Waals surface area contributed by atoms with E-state index in [0.717, 1.165) is 33.0 Å². The van der Waals surface area contributed by atoms with Gasteiger partial charge < -0.3 is 11.1 Å². The van der Waals surface area contributed by atoms with Crippen molar-refractivity contribution in [2.24, 2.45) is 5.73 Å². The lowest BCUT2D eigenvalue weighted by Gasteiger charge is -2.07. The molecule has 18 heavy (non-hydrogen) atoms. The van der Waals surface area contributed by atoms with Crippen LogP contribution >= 0.6 is 39.5 Å². The average molecular weight is 342 g/mol. The molecule has 1 aromatic carbocycles. The molecule has 0 aliphatic rings. The Labute approximate surface area is 124 Å². The minimum atomic E-state index is 0.393. The van der Waals surface area contributed by atoms with Crippen LogP contribution in [0.15, 0.2) is 28.1 Å². The predicted molar refractivity (Wildman–Crippen MR) is 84.2 cm³/mol. The van der Waals surface area contributed by atoms with Crippen LogP contribution in [-0.2, 0) is 6.54 Å². The molecule has 0 unspecified atom stereocenters. The van der Waals surface area contributed by atoms with E-state index >= 15 is 0 Å². The molecular formula is C12H12BrN3S2. The van der Waals surface area contributed by atoms with Crippen LogP contribution in [0.1, 0.15) is 16.3 Å². The topological polar surface area (TPSA) is 50.9 Å². The summed E-state index contributed by atoms with van der Waals surface area (Å²) in [6.07, 6.45) is 0. The first kappa shape index (κ1) is 13.5. The Morgan fingerprint density at radius 2 is 2.33 bits per heavy atom. The summed E-state index contributed by atoms with van der Waals surface area (Å²) in [6, 6.07) is 5.83. The number of benzene rings is 1. The van der Waals surface area contributed by atoms with Crippen LogP contribution in [0, 0.1) is 6.92 Å². The lowest BCUT2D eigenvalue weighted by Crippen LogP contribution is -2.10. The third-order valence-electron chi connectivity index (χ3n) is 2.34. The van der Waals surface area contributed by atoms with Crippen LogP contribution in [0.4, 0.5) is 5.69 Å². The van der Waals surface area contributed by atoms with E-state index in [1.54, 1.807) is 11.3 Å². The van der Waals surface area contributed by atoms with Gasteiger partial charge in [0.15, 0.2) is 0 Å². The number of halogens is 1. The van der Waals surface area contributed by atoms with Crippen molar-refractivity contribution in [2.45, 2.75) is 13.5 Å². The molecule has 0 saturated heterocycles. The van der Waals surface area contributed by atoms with Gasteiger partial charge in [-0.05, 0) is 41.1 Å². The number of thiazole rings is 1. The van der Waals surface area contributed by atoms with Crippen LogP contribution in [0.25, 0.3) is 0 Å². The smallest absolute Gasteiger partial charge is 0.112 e. The van der Waals surface area contributed by atoms with Crippen LogP contribution in [-0.4, -0.2) is 9.97 Å². The van der Waals surface area contributed by atoms with Gasteiger partial charge in [0, 0.05) is 26.8 Å². The van der Waals surface area contributed by atoms with Crippen molar-refractivity contribution in [2.75, 3.05) is 5.32 Å². The van der Waals surface area contributed by atoms with Crippen LogP contribution in [0.2, 0.25) is 0 Å². The van der Waals surface area contributed by atoms with Gasteiger partial charge in [0.25, 0.3) is 0 Å². The highest BCUT2D eigenvalue weighted by Crippen LogP contribution is 2.22. The molecule has 1 heterocycles. The summed E-state index contributed by atoms with van der Waals surface area (Å²) in [4.78, 5) is 4.79. The minimum absolute atomic E-state index is 0.393. The Bertz CT molecular complexity index is 580. The molecule has 0 amide bonds. The number of rotatable bonds is 4. The number of aryl methyl sites for hydroxylation is 1. The zero-order valence-electron chi connectivity index (χ0n) is 9.74. The number of thiocarbonyl (C=S) groups is 1. The van der Waals surface area contributed by atoms with Gasteiger partial charge in [0.05, 0.1) is 6.54 Å². The number of hydrogen-bond donors (Lipinski definition) is 2. The van der Waals surface area contributed by atoms with Crippen molar-refractivity contribution in [3.05, 3.63) is 44.3 Å². The third kappa shape index (κ3) is 3.28. The summed E-state index contributed by atoms with van der Waals surface area (Å²) in [5.74, 6) is 0. The van der Waals surface area contributed by atoms with Gasteiger partial charge in [-0.25, -0.2) is 4.98 Å². The number of aromatic nitrogens is 1. The fourth-order valence-corrected chi connectivity index (χ4v) is 3.10. The van der Waals surface area contributed by atoms with E-state index in [-0.39, 0.29) is 0 Å². The Kier molecular flexibility index (Phi) is 4.31. The summed E-state index contributed by atoms with van der Waals surface area (Å²) < 4.78 is 0.898. The second-order valence-electron chi connectivity index (χ2n) is 3.80. The molecule has 0 aliphatic carbocycles. The van der Waals surface area contributed by atoms with Crippen LogP contribution in [0.3, 0.4) is 0 Å². The fourth-order valence-electron chi connectivity index (χ4n) is 1.49. The quantitative estimate of drug-likeness (QED) is 0.836. The monoisotopic (exact) mass is 341 g/mol. The predicted octanol–water partition coefficient (Wildman–Crippen LogP) is 3.46. The first-order valence-corrected chi connectivity index (χ1v) is 7.38. The lowest BCUT2D eigenvalue weighted by molar-refractivity contribution is 1.08. The number of nitrogens with zero attached hydrogens (tertiary/aromatic N) is 1. The zero-order chi connectivity index (χ0) is 13.1. The van der Waals surface area contributed by atoms with Gasteiger partial charge in [-0.1, -0.05) is 12.2 Å². The van der Waals surface area contributed by atoms with E-state index in [2.05, 4.69) is 26.2 Å². The highest BCUT2D eigenvalue weighted by atomic mass is 79.9. The highest BCUT2D eigenvalue weighted by molar-refractivity contribution is 9.10. The summed E-state index contributed by atoms with van der Waals surface area (Å²) >= 11 is 10.1. The molecule has 94 valence electrons. The Balaban J connectivity index is 2.06. The number of anilines is 1. The zero-order valence-corrected chi connectivity index (χ0v) is 13.0. The van der Waals surface area contributed by atoms with E-state index in [1.807, 2.05) is 30.5 Å². The van der Waals surface area contributed by atoms with E-state index in [9.17, 15) is 0 Å². The molecular weight excluding hydrogens is 330 g/mol. The normalized spacial score (nSPS) is 10.3. The van der Waals surface area contributed by atoms with Crippen molar-refractivity contribution in [3.8, 4) is 0 Å². The largest absolute Gasteiger partial charge is 0.389 e. The van der Waals surface area contributed by atoms with Gasteiger partial charge in [-0.3, -0.25) is 0 Å². The molecule has 0 fully saturated rings. The van der Waals surface area contributed by atoms with Crippen molar-refractivity contribution in [1.82, 2.24) is 4.98 Å². The van der Waals surface area contributed by atoms with E-state index in [4.69, 9.17) is 18.0 Å². The van der Waals surface area contributed by atoms with Gasteiger partial charge in [0.2, 0.25) is 0 Å². The Hall–Kier alpha value is -0.980. The molecule has 0 aliphatic heterocycles. The average Bonchev–Trinajstić information content (AvgIpc) is 2.72. The maximum absolute atomic E-state index is 5.61. The minimum Gasteiger partial charge on any atom is -0.389 e. The lowest BCUT2D eigenvalue weighted by atomic mass is 10.2. The molecule has 0 radical (unpaired) electrons. The van der Waals surface area contributed by atoms with E-state index in [1.165, 1.54) is 0 Å². The van der Waals surface area contributed by atoms with Crippen LogP contribution in [0.5, 0.6) is 0 Å². The van der Waals surface area contributed by atoms with E-state index < -0.39 is 0 Å².